The largest absolute Gasteiger partial charge is 0.497 e. The van der Waals surface area contributed by atoms with Crippen molar-refractivity contribution in [3.05, 3.63) is 94.6 Å². The van der Waals surface area contributed by atoms with Crippen LogP contribution in [0.2, 0.25) is 5.15 Å². The number of benzene rings is 3. The highest BCUT2D eigenvalue weighted by atomic mass is 35.5. The van der Waals surface area contributed by atoms with Crippen LogP contribution >= 0.6 is 11.6 Å². The Kier molecular flexibility index (Phi) is 7.75. The van der Waals surface area contributed by atoms with Gasteiger partial charge in [-0.3, -0.25) is 9.10 Å². The number of aryl methyl sites for hydroxylation is 2. The molecule has 1 heterocycles. The summed E-state index contributed by atoms with van der Waals surface area (Å²) in [5, 5.41) is 4.99. The number of halogens is 1. The standard InChI is InChI=1S/C27H25ClN4O4S/c1-18-9-11-22(13-19(18)2)32(37(34,35)24-7-5-4-6-8-24)17-26(33)31-29-16-21-14-20-10-12-23(36-3)15-25(20)30-27(21)28/h4-16H,17H2,1-3H3,(H,31,33)/b29-16+. The maximum absolute atomic E-state index is 13.4. The van der Waals surface area contributed by atoms with Crippen molar-refractivity contribution >= 4 is 50.3 Å². The Labute approximate surface area is 220 Å². The highest BCUT2D eigenvalue weighted by Crippen LogP contribution is 2.26. The van der Waals surface area contributed by atoms with E-state index in [1.54, 1.807) is 55.6 Å². The number of anilines is 1. The van der Waals surface area contributed by atoms with E-state index in [0.717, 1.165) is 20.8 Å². The van der Waals surface area contributed by atoms with Crippen LogP contribution in [0.4, 0.5) is 5.69 Å². The molecule has 0 atom stereocenters. The smallest absolute Gasteiger partial charge is 0.264 e. The summed E-state index contributed by atoms with van der Waals surface area (Å²) in [6.45, 7) is 3.34. The fourth-order valence-electron chi connectivity index (χ4n) is 3.61. The van der Waals surface area contributed by atoms with Crippen LogP contribution in [0.5, 0.6) is 5.75 Å². The molecule has 0 unspecified atom stereocenters. The van der Waals surface area contributed by atoms with E-state index in [2.05, 4.69) is 15.5 Å². The second-order valence-electron chi connectivity index (χ2n) is 8.31. The number of hydrogen-bond donors (Lipinski definition) is 1. The lowest BCUT2D eigenvalue weighted by Gasteiger charge is -2.24. The van der Waals surface area contributed by atoms with Crippen molar-refractivity contribution in [2.75, 3.05) is 18.0 Å². The zero-order valence-electron chi connectivity index (χ0n) is 20.5. The fraction of sp³-hybridized carbons (Fsp3) is 0.148. The van der Waals surface area contributed by atoms with Gasteiger partial charge in [-0.15, -0.1) is 0 Å². The molecule has 10 heteroatoms. The first-order valence-electron chi connectivity index (χ1n) is 11.3. The first-order valence-corrected chi connectivity index (χ1v) is 13.1. The van der Waals surface area contributed by atoms with Gasteiger partial charge in [-0.25, -0.2) is 18.8 Å². The zero-order chi connectivity index (χ0) is 26.6. The van der Waals surface area contributed by atoms with Gasteiger partial charge in [-0.2, -0.15) is 5.10 Å². The van der Waals surface area contributed by atoms with Gasteiger partial charge in [0.25, 0.3) is 15.9 Å². The van der Waals surface area contributed by atoms with Crippen LogP contribution in [0.15, 0.2) is 82.8 Å². The number of fused-ring (bicyclic) bond motifs is 1. The Hall–Kier alpha value is -3.95. The molecule has 8 nitrogen and oxygen atoms in total. The molecular formula is C27H25ClN4O4S. The molecule has 0 fully saturated rings. The molecule has 0 aliphatic carbocycles. The highest BCUT2D eigenvalue weighted by molar-refractivity contribution is 7.92. The first-order chi connectivity index (χ1) is 17.7. The fourth-order valence-corrected chi connectivity index (χ4v) is 5.24. The average Bonchev–Trinajstić information content (AvgIpc) is 2.89. The van der Waals surface area contributed by atoms with E-state index in [1.165, 1.54) is 18.3 Å². The third kappa shape index (κ3) is 5.90. The molecule has 4 aromatic rings. The highest BCUT2D eigenvalue weighted by Gasteiger charge is 2.27. The monoisotopic (exact) mass is 536 g/mol. The molecule has 0 spiro atoms. The summed E-state index contributed by atoms with van der Waals surface area (Å²) in [4.78, 5) is 17.2. The number of carbonyl (C=O) groups excluding carboxylic acids is 1. The lowest BCUT2D eigenvalue weighted by Crippen LogP contribution is -2.39. The predicted octanol–water partition coefficient (Wildman–Crippen LogP) is 4.86. The summed E-state index contributed by atoms with van der Waals surface area (Å²) >= 11 is 6.29. The van der Waals surface area contributed by atoms with Crippen LogP contribution in [0.3, 0.4) is 0 Å². The number of sulfonamides is 1. The molecule has 0 aliphatic rings. The number of hydrazone groups is 1. The second kappa shape index (κ2) is 11.0. The van der Waals surface area contributed by atoms with Crippen molar-refractivity contribution in [1.82, 2.24) is 10.4 Å². The molecule has 0 saturated heterocycles. The molecular weight excluding hydrogens is 512 g/mol. The molecule has 0 bridgehead atoms. The molecule has 1 aromatic heterocycles. The van der Waals surface area contributed by atoms with E-state index in [0.29, 0.717) is 22.5 Å². The molecule has 190 valence electrons. The van der Waals surface area contributed by atoms with Crippen LogP contribution < -0.4 is 14.5 Å². The van der Waals surface area contributed by atoms with Gasteiger partial charge in [0.05, 0.1) is 29.4 Å². The molecule has 1 N–H and O–H groups in total. The maximum Gasteiger partial charge on any atom is 0.264 e. The van der Waals surface area contributed by atoms with Crippen molar-refractivity contribution in [2.45, 2.75) is 18.7 Å². The number of aromatic nitrogens is 1. The molecule has 0 radical (unpaired) electrons. The topological polar surface area (TPSA) is 101 Å². The van der Waals surface area contributed by atoms with Crippen LogP contribution in [0, 0.1) is 13.8 Å². The first kappa shape index (κ1) is 26.1. The summed E-state index contributed by atoms with van der Waals surface area (Å²) in [5.41, 5.74) is 5.82. The summed E-state index contributed by atoms with van der Waals surface area (Å²) < 4.78 is 33.2. The summed E-state index contributed by atoms with van der Waals surface area (Å²) in [7, 11) is -2.45. The molecule has 0 saturated carbocycles. The zero-order valence-corrected chi connectivity index (χ0v) is 22.0. The van der Waals surface area contributed by atoms with Gasteiger partial charge in [0.2, 0.25) is 0 Å². The summed E-state index contributed by atoms with van der Waals surface area (Å²) in [6.07, 6.45) is 1.36. The molecule has 4 rings (SSSR count). The van der Waals surface area contributed by atoms with Crippen molar-refractivity contribution in [3.8, 4) is 5.75 Å². The molecule has 0 aliphatic heterocycles. The van der Waals surface area contributed by atoms with Crippen LogP contribution in [-0.2, 0) is 14.8 Å². The third-order valence-electron chi connectivity index (χ3n) is 5.80. The number of methoxy groups -OCH3 is 1. The van der Waals surface area contributed by atoms with Crippen LogP contribution in [0.1, 0.15) is 16.7 Å². The number of rotatable bonds is 8. The van der Waals surface area contributed by atoms with Gasteiger partial charge in [-0.05, 0) is 67.4 Å². The Bertz CT molecular complexity index is 1590. The minimum Gasteiger partial charge on any atom is -0.497 e. The van der Waals surface area contributed by atoms with Gasteiger partial charge >= 0.3 is 0 Å². The summed E-state index contributed by atoms with van der Waals surface area (Å²) in [5.74, 6) is 0.0344. The lowest BCUT2D eigenvalue weighted by atomic mass is 10.1. The number of carbonyl (C=O) groups is 1. The van der Waals surface area contributed by atoms with Crippen molar-refractivity contribution in [2.24, 2.45) is 5.10 Å². The van der Waals surface area contributed by atoms with E-state index in [9.17, 15) is 13.2 Å². The van der Waals surface area contributed by atoms with Gasteiger partial charge in [0, 0.05) is 17.0 Å². The van der Waals surface area contributed by atoms with E-state index in [1.807, 2.05) is 26.0 Å². The minimum atomic E-state index is -4.01. The van der Waals surface area contributed by atoms with E-state index in [-0.39, 0.29) is 10.0 Å². The van der Waals surface area contributed by atoms with Crippen LogP contribution in [-0.4, -0.2) is 39.2 Å². The predicted molar refractivity (Wildman–Crippen MR) is 146 cm³/mol. The molecule has 37 heavy (non-hydrogen) atoms. The van der Waals surface area contributed by atoms with Crippen molar-refractivity contribution in [3.63, 3.8) is 0 Å². The van der Waals surface area contributed by atoms with Gasteiger partial charge < -0.3 is 4.74 Å². The lowest BCUT2D eigenvalue weighted by molar-refractivity contribution is -0.119. The SMILES string of the molecule is COc1ccc2cc(/C=N/NC(=O)CN(c3ccc(C)c(C)c3)S(=O)(=O)c3ccccc3)c(Cl)nc2c1. The second-order valence-corrected chi connectivity index (χ2v) is 10.5. The Morgan fingerprint density at radius 1 is 1.05 bits per heavy atom. The van der Waals surface area contributed by atoms with Gasteiger partial charge in [-0.1, -0.05) is 35.9 Å². The Balaban J connectivity index is 1.57. The number of nitrogens with zero attached hydrogens (tertiary/aromatic N) is 3. The normalized spacial score (nSPS) is 11.6. The Morgan fingerprint density at radius 2 is 1.81 bits per heavy atom. The number of ether oxygens (including phenoxy) is 1. The number of hydrogen-bond acceptors (Lipinski definition) is 6. The number of amides is 1. The van der Waals surface area contributed by atoms with Crippen molar-refractivity contribution in [1.29, 1.82) is 0 Å². The number of nitrogens with one attached hydrogen (secondary N) is 1. The summed E-state index contributed by atoms with van der Waals surface area (Å²) in [6, 6.07) is 20.4. The molecule has 3 aromatic carbocycles. The van der Waals surface area contributed by atoms with E-state index >= 15 is 0 Å². The van der Waals surface area contributed by atoms with Gasteiger partial charge in [0.15, 0.2) is 0 Å². The van der Waals surface area contributed by atoms with Crippen LogP contribution in [0.25, 0.3) is 10.9 Å². The maximum atomic E-state index is 13.4. The minimum absolute atomic E-state index is 0.0789. The molecule has 1 amide bonds. The average molecular weight is 537 g/mol. The Morgan fingerprint density at radius 3 is 2.51 bits per heavy atom. The quantitative estimate of drug-likeness (QED) is 0.197. The third-order valence-corrected chi connectivity index (χ3v) is 7.89. The van der Waals surface area contributed by atoms with E-state index in [4.69, 9.17) is 16.3 Å². The van der Waals surface area contributed by atoms with E-state index < -0.39 is 22.5 Å². The number of pyridine rings is 1. The van der Waals surface area contributed by atoms with Crippen molar-refractivity contribution < 1.29 is 17.9 Å². The van der Waals surface area contributed by atoms with Gasteiger partial charge in [0.1, 0.15) is 17.4 Å².